The Kier molecular flexibility index (Phi) is 4.28. The van der Waals surface area contributed by atoms with E-state index < -0.39 is 0 Å². The molecule has 1 N–H and O–H groups in total. The molecule has 0 saturated carbocycles. The molecule has 27 heavy (non-hydrogen) atoms. The molecular weight excluding hydrogens is 338 g/mol. The number of H-pyrrole nitrogens is 1. The lowest BCUT2D eigenvalue weighted by Gasteiger charge is -2.13. The highest BCUT2D eigenvalue weighted by molar-refractivity contribution is 5.92. The molecule has 0 saturated heterocycles. The minimum Gasteiger partial charge on any atom is -0.497 e. The molecule has 4 rings (SSSR count). The largest absolute Gasteiger partial charge is 0.497 e. The fraction of sp³-hybridized carbons (Fsp3) is 0.182. The SMILES string of the molecule is CCc1nccn1-c1ccc(C)c2c(=O)c(-c3ccc(OC)cc3)c[nH]c12. The molecule has 0 bridgehead atoms. The maximum atomic E-state index is 13.3. The molecule has 0 spiro atoms. The Hall–Kier alpha value is -3.34. The summed E-state index contributed by atoms with van der Waals surface area (Å²) in [7, 11) is 1.63. The first kappa shape index (κ1) is 17.1. The molecule has 0 aliphatic heterocycles. The zero-order valence-electron chi connectivity index (χ0n) is 15.6. The Labute approximate surface area is 157 Å². The molecule has 2 heterocycles. The number of imidazole rings is 1. The van der Waals surface area contributed by atoms with Crippen molar-refractivity contribution in [1.82, 2.24) is 14.5 Å². The van der Waals surface area contributed by atoms with Gasteiger partial charge >= 0.3 is 0 Å². The highest BCUT2D eigenvalue weighted by Gasteiger charge is 2.14. The molecule has 0 radical (unpaired) electrons. The summed E-state index contributed by atoms with van der Waals surface area (Å²) in [6, 6.07) is 11.5. The normalized spacial score (nSPS) is 11.1. The summed E-state index contributed by atoms with van der Waals surface area (Å²) in [5, 5.41) is 0.705. The van der Waals surface area contributed by atoms with Crippen LogP contribution in [0.15, 0.2) is 59.8 Å². The second kappa shape index (κ2) is 6.76. The van der Waals surface area contributed by atoms with Gasteiger partial charge in [-0.3, -0.25) is 4.79 Å². The Morgan fingerprint density at radius 2 is 1.93 bits per heavy atom. The van der Waals surface area contributed by atoms with Gasteiger partial charge in [0.25, 0.3) is 0 Å². The van der Waals surface area contributed by atoms with Crippen molar-refractivity contribution < 1.29 is 4.74 Å². The van der Waals surface area contributed by atoms with Gasteiger partial charge in [-0.15, -0.1) is 0 Å². The number of benzene rings is 2. The van der Waals surface area contributed by atoms with Gasteiger partial charge in [-0.25, -0.2) is 4.98 Å². The van der Waals surface area contributed by atoms with Crippen molar-refractivity contribution in [3.63, 3.8) is 0 Å². The van der Waals surface area contributed by atoms with Gasteiger partial charge in [0.2, 0.25) is 0 Å². The Bertz CT molecular complexity index is 1170. The van der Waals surface area contributed by atoms with E-state index in [1.54, 1.807) is 19.5 Å². The number of nitrogens with zero attached hydrogens (tertiary/aromatic N) is 2. The van der Waals surface area contributed by atoms with E-state index in [0.29, 0.717) is 10.9 Å². The third-order valence-corrected chi connectivity index (χ3v) is 4.92. The van der Waals surface area contributed by atoms with Crippen molar-refractivity contribution in [2.24, 2.45) is 0 Å². The minimum absolute atomic E-state index is 0.0198. The quantitative estimate of drug-likeness (QED) is 0.592. The van der Waals surface area contributed by atoms with Crippen LogP contribution in [0.4, 0.5) is 0 Å². The van der Waals surface area contributed by atoms with E-state index in [1.165, 1.54) is 0 Å². The van der Waals surface area contributed by atoms with Crippen molar-refractivity contribution in [2.45, 2.75) is 20.3 Å². The Morgan fingerprint density at radius 3 is 2.63 bits per heavy atom. The molecule has 0 aliphatic carbocycles. The van der Waals surface area contributed by atoms with Crippen LogP contribution in [0.25, 0.3) is 27.7 Å². The van der Waals surface area contributed by atoms with E-state index in [2.05, 4.69) is 16.9 Å². The molecule has 2 aromatic heterocycles. The molecule has 0 fully saturated rings. The van der Waals surface area contributed by atoms with Crippen LogP contribution in [0.5, 0.6) is 5.75 Å². The zero-order valence-corrected chi connectivity index (χ0v) is 15.6. The lowest BCUT2D eigenvalue weighted by Crippen LogP contribution is -2.10. The number of ether oxygens (including phenoxy) is 1. The van der Waals surface area contributed by atoms with Crippen LogP contribution in [-0.4, -0.2) is 21.6 Å². The summed E-state index contributed by atoms with van der Waals surface area (Å²) in [5.41, 5.74) is 4.23. The van der Waals surface area contributed by atoms with Crippen molar-refractivity contribution in [2.75, 3.05) is 7.11 Å². The summed E-state index contributed by atoms with van der Waals surface area (Å²) in [6.45, 7) is 4.04. The highest BCUT2D eigenvalue weighted by atomic mass is 16.5. The summed E-state index contributed by atoms with van der Waals surface area (Å²) in [4.78, 5) is 21.1. The number of aromatic amines is 1. The van der Waals surface area contributed by atoms with Gasteiger partial charge in [0.15, 0.2) is 5.43 Å². The molecular formula is C22H21N3O2. The van der Waals surface area contributed by atoms with Crippen LogP contribution >= 0.6 is 0 Å². The van der Waals surface area contributed by atoms with Crippen molar-refractivity contribution in [3.8, 4) is 22.6 Å². The standard InChI is InChI=1S/C22H21N3O2/c1-4-19-23-11-12-25(19)18-10-5-14(2)20-21(18)24-13-17(22(20)26)15-6-8-16(27-3)9-7-15/h5-13H,4H2,1-3H3,(H,24,26). The average Bonchev–Trinajstić information content (AvgIpc) is 3.17. The molecule has 0 amide bonds. The van der Waals surface area contributed by atoms with Crippen LogP contribution in [-0.2, 0) is 6.42 Å². The second-order valence-electron chi connectivity index (χ2n) is 6.48. The van der Waals surface area contributed by atoms with Crippen LogP contribution in [0.3, 0.4) is 0 Å². The van der Waals surface area contributed by atoms with Gasteiger partial charge in [-0.2, -0.15) is 0 Å². The summed E-state index contributed by atoms with van der Waals surface area (Å²) < 4.78 is 7.24. The maximum Gasteiger partial charge on any atom is 0.197 e. The van der Waals surface area contributed by atoms with Crippen LogP contribution in [0, 0.1) is 6.92 Å². The van der Waals surface area contributed by atoms with Gasteiger partial charge in [0.05, 0.1) is 23.7 Å². The van der Waals surface area contributed by atoms with E-state index in [0.717, 1.165) is 40.3 Å². The number of aryl methyl sites for hydroxylation is 2. The number of aromatic nitrogens is 3. The fourth-order valence-electron chi connectivity index (χ4n) is 3.48. The third kappa shape index (κ3) is 2.81. The summed E-state index contributed by atoms with van der Waals surface area (Å²) >= 11 is 0. The van der Waals surface area contributed by atoms with Gasteiger partial charge in [-0.1, -0.05) is 25.1 Å². The minimum atomic E-state index is 0.0198. The first-order valence-electron chi connectivity index (χ1n) is 8.96. The summed E-state index contributed by atoms with van der Waals surface area (Å²) in [5.74, 6) is 1.72. The molecule has 0 aliphatic rings. The number of pyridine rings is 1. The maximum absolute atomic E-state index is 13.3. The van der Waals surface area contributed by atoms with Crippen molar-refractivity contribution >= 4 is 10.9 Å². The van der Waals surface area contributed by atoms with Crippen LogP contribution < -0.4 is 10.2 Å². The van der Waals surface area contributed by atoms with Gasteiger partial charge in [0, 0.05) is 30.6 Å². The molecule has 0 unspecified atom stereocenters. The van der Waals surface area contributed by atoms with Gasteiger partial charge in [0.1, 0.15) is 11.6 Å². The number of fused-ring (bicyclic) bond motifs is 1. The third-order valence-electron chi connectivity index (χ3n) is 4.92. The average molecular weight is 359 g/mol. The molecule has 5 heteroatoms. The van der Waals surface area contributed by atoms with E-state index in [-0.39, 0.29) is 5.43 Å². The van der Waals surface area contributed by atoms with E-state index in [4.69, 9.17) is 4.74 Å². The molecule has 2 aromatic carbocycles. The van der Waals surface area contributed by atoms with Crippen molar-refractivity contribution in [1.29, 1.82) is 0 Å². The second-order valence-corrected chi connectivity index (χ2v) is 6.48. The number of methoxy groups -OCH3 is 1. The topological polar surface area (TPSA) is 59.9 Å². The molecule has 4 aromatic rings. The predicted molar refractivity (Wildman–Crippen MR) is 108 cm³/mol. The summed E-state index contributed by atoms with van der Waals surface area (Å²) in [6.07, 6.45) is 6.32. The lowest BCUT2D eigenvalue weighted by molar-refractivity contribution is 0.415. The van der Waals surface area contributed by atoms with Gasteiger partial charge in [-0.05, 0) is 36.2 Å². The molecule has 136 valence electrons. The lowest BCUT2D eigenvalue weighted by atomic mass is 10.0. The van der Waals surface area contributed by atoms with Crippen molar-refractivity contribution in [3.05, 3.63) is 76.6 Å². The number of hydrogen-bond acceptors (Lipinski definition) is 3. The fourth-order valence-corrected chi connectivity index (χ4v) is 3.48. The number of rotatable bonds is 4. The smallest absolute Gasteiger partial charge is 0.197 e. The zero-order chi connectivity index (χ0) is 19.0. The highest BCUT2D eigenvalue weighted by Crippen LogP contribution is 2.26. The Morgan fingerprint density at radius 1 is 1.15 bits per heavy atom. The molecule has 5 nitrogen and oxygen atoms in total. The van der Waals surface area contributed by atoms with Gasteiger partial charge < -0.3 is 14.3 Å². The Balaban J connectivity index is 1.95. The van der Waals surface area contributed by atoms with E-state index >= 15 is 0 Å². The first-order chi connectivity index (χ1) is 13.1. The predicted octanol–water partition coefficient (Wildman–Crippen LogP) is 4.26. The monoisotopic (exact) mass is 359 g/mol. The van der Waals surface area contributed by atoms with Crippen LogP contribution in [0.1, 0.15) is 18.3 Å². The van der Waals surface area contributed by atoms with Crippen LogP contribution in [0.2, 0.25) is 0 Å². The molecule has 0 atom stereocenters. The number of hydrogen-bond donors (Lipinski definition) is 1. The van der Waals surface area contributed by atoms with E-state index in [1.807, 2.05) is 54.1 Å². The first-order valence-corrected chi connectivity index (χ1v) is 8.96. The number of nitrogens with one attached hydrogen (secondary N) is 1. The van der Waals surface area contributed by atoms with E-state index in [9.17, 15) is 4.79 Å².